The molecule has 1 aromatic rings. The number of pyridine rings is 1. The second kappa shape index (κ2) is 5.00. The van der Waals surface area contributed by atoms with E-state index >= 15 is 0 Å². The topological polar surface area (TPSA) is 50.3 Å². The van der Waals surface area contributed by atoms with Crippen molar-refractivity contribution in [2.24, 2.45) is 0 Å². The van der Waals surface area contributed by atoms with Crippen LogP contribution in [0.3, 0.4) is 0 Å². The summed E-state index contributed by atoms with van der Waals surface area (Å²) in [5.41, 5.74) is 0. The molecule has 1 aromatic heterocycles. The van der Waals surface area contributed by atoms with Crippen LogP contribution in [0.25, 0.3) is 0 Å². The second-order valence-electron chi connectivity index (χ2n) is 4.17. The van der Waals surface area contributed by atoms with Gasteiger partial charge in [-0.1, -0.05) is 22.8 Å². The van der Waals surface area contributed by atoms with Crippen molar-refractivity contribution in [3.63, 3.8) is 0 Å². The normalized spacial score (nSPS) is 17.8. The highest BCUT2D eigenvalue weighted by Crippen LogP contribution is 2.19. The van der Waals surface area contributed by atoms with Crippen molar-refractivity contribution in [3.05, 3.63) is 18.2 Å². The lowest BCUT2D eigenvalue weighted by Crippen LogP contribution is -2.25. The molecule has 1 saturated heterocycles. The Morgan fingerprint density at radius 1 is 1.12 bits per heavy atom. The van der Waals surface area contributed by atoms with Gasteiger partial charge in [0.1, 0.15) is 5.82 Å². The molecule has 0 bridgehead atoms. The Labute approximate surface area is 101 Å². The van der Waals surface area contributed by atoms with Crippen molar-refractivity contribution in [1.82, 2.24) is 4.98 Å². The van der Waals surface area contributed by atoms with Gasteiger partial charge >= 0.3 is 10.2 Å². The number of anilines is 1. The third-order valence-electron chi connectivity index (χ3n) is 2.89. The van der Waals surface area contributed by atoms with Gasteiger partial charge in [0.2, 0.25) is 0 Å². The number of nitrogens with zero attached hydrogens (tertiary/aromatic N) is 2. The lowest BCUT2D eigenvalue weighted by molar-refractivity contribution is 0.547. The lowest BCUT2D eigenvalue weighted by Gasteiger charge is -2.21. The zero-order valence-corrected chi connectivity index (χ0v) is 10.3. The van der Waals surface area contributed by atoms with Crippen LogP contribution in [0.1, 0.15) is 25.7 Å². The van der Waals surface area contributed by atoms with Crippen molar-refractivity contribution >= 4 is 16.0 Å². The first-order valence-corrected chi connectivity index (χ1v) is 7.12. The predicted octanol–water partition coefficient (Wildman–Crippen LogP) is 2.12. The summed E-state index contributed by atoms with van der Waals surface area (Å²) in [7, 11) is -4.71. The van der Waals surface area contributed by atoms with Gasteiger partial charge in [0.05, 0.1) is 0 Å². The third-order valence-corrected chi connectivity index (χ3v) is 3.62. The number of hydrogen-bond donors (Lipinski definition) is 0. The first-order valence-electron chi connectivity index (χ1n) is 5.74. The molecular formula is C11H15FN2O2S. The third kappa shape index (κ3) is 3.15. The standard InChI is InChI=1S/C11H15FN2O2S/c12-17(15,16)11-7-5-6-10(13-11)14-8-3-1-2-4-9-14/h5-7H,1-4,8-9H2. The monoisotopic (exact) mass is 258 g/mol. The van der Waals surface area contributed by atoms with E-state index in [-0.39, 0.29) is 0 Å². The lowest BCUT2D eigenvalue weighted by atomic mass is 10.2. The van der Waals surface area contributed by atoms with Crippen molar-refractivity contribution in [3.8, 4) is 0 Å². The molecule has 0 atom stereocenters. The summed E-state index contributed by atoms with van der Waals surface area (Å²) >= 11 is 0. The van der Waals surface area contributed by atoms with E-state index in [1.807, 2.05) is 4.90 Å². The van der Waals surface area contributed by atoms with E-state index in [1.165, 1.54) is 25.0 Å². The van der Waals surface area contributed by atoms with Gasteiger partial charge in [-0.15, -0.1) is 0 Å². The Morgan fingerprint density at radius 3 is 2.35 bits per heavy atom. The molecule has 4 nitrogen and oxygen atoms in total. The summed E-state index contributed by atoms with van der Waals surface area (Å²) < 4.78 is 34.4. The average molecular weight is 258 g/mol. The molecular weight excluding hydrogens is 243 g/mol. The number of rotatable bonds is 2. The molecule has 0 unspecified atom stereocenters. The number of halogens is 1. The van der Waals surface area contributed by atoms with Gasteiger partial charge in [-0.3, -0.25) is 0 Å². The highest BCUT2D eigenvalue weighted by Gasteiger charge is 2.17. The van der Waals surface area contributed by atoms with Gasteiger partial charge in [-0.25, -0.2) is 4.98 Å². The van der Waals surface area contributed by atoms with Crippen LogP contribution in [0.4, 0.5) is 9.70 Å². The summed E-state index contributed by atoms with van der Waals surface area (Å²) in [6, 6.07) is 4.43. The molecule has 0 aliphatic carbocycles. The van der Waals surface area contributed by atoms with Gasteiger partial charge < -0.3 is 4.90 Å². The summed E-state index contributed by atoms with van der Waals surface area (Å²) in [5.74, 6) is 0.547. The maximum absolute atomic E-state index is 12.8. The van der Waals surface area contributed by atoms with Crippen molar-refractivity contribution < 1.29 is 12.3 Å². The van der Waals surface area contributed by atoms with Crippen LogP contribution < -0.4 is 4.90 Å². The predicted molar refractivity (Wildman–Crippen MR) is 63.2 cm³/mol. The first-order chi connectivity index (χ1) is 8.07. The first kappa shape index (κ1) is 12.3. The van der Waals surface area contributed by atoms with Crippen molar-refractivity contribution in [1.29, 1.82) is 0 Å². The Bertz CT molecular complexity index is 482. The minimum absolute atomic E-state index is 0.501. The molecule has 2 rings (SSSR count). The molecule has 1 aliphatic heterocycles. The van der Waals surface area contributed by atoms with E-state index in [2.05, 4.69) is 4.98 Å². The molecule has 0 saturated carbocycles. The highest BCUT2D eigenvalue weighted by molar-refractivity contribution is 7.86. The van der Waals surface area contributed by atoms with E-state index in [9.17, 15) is 12.3 Å². The average Bonchev–Trinajstić information content (AvgIpc) is 2.56. The molecule has 94 valence electrons. The quantitative estimate of drug-likeness (QED) is 0.762. The van der Waals surface area contributed by atoms with E-state index in [1.54, 1.807) is 6.07 Å². The van der Waals surface area contributed by atoms with Gasteiger partial charge in [-0.2, -0.15) is 8.42 Å². The fourth-order valence-electron chi connectivity index (χ4n) is 2.02. The minimum Gasteiger partial charge on any atom is -0.357 e. The maximum atomic E-state index is 12.8. The largest absolute Gasteiger partial charge is 0.357 e. The van der Waals surface area contributed by atoms with E-state index in [0.717, 1.165) is 25.9 Å². The van der Waals surface area contributed by atoms with E-state index in [4.69, 9.17) is 0 Å². The zero-order chi connectivity index (χ0) is 12.3. The molecule has 1 aliphatic rings. The van der Waals surface area contributed by atoms with Crippen LogP contribution in [0, 0.1) is 0 Å². The molecule has 0 N–H and O–H groups in total. The minimum atomic E-state index is -4.71. The summed E-state index contributed by atoms with van der Waals surface area (Å²) in [6.45, 7) is 1.70. The Hall–Kier alpha value is -1.17. The smallest absolute Gasteiger partial charge is 0.349 e. The van der Waals surface area contributed by atoms with Crippen molar-refractivity contribution in [2.75, 3.05) is 18.0 Å². The molecule has 1 fully saturated rings. The highest BCUT2D eigenvalue weighted by atomic mass is 32.3. The van der Waals surface area contributed by atoms with Crippen LogP contribution >= 0.6 is 0 Å². The molecule has 6 heteroatoms. The molecule has 0 radical (unpaired) electrons. The fourth-order valence-corrected chi connectivity index (χ4v) is 2.46. The molecule has 0 amide bonds. The van der Waals surface area contributed by atoms with Crippen LogP contribution in [-0.2, 0) is 10.2 Å². The second-order valence-corrected chi connectivity index (χ2v) is 5.47. The summed E-state index contributed by atoms with van der Waals surface area (Å²) in [6.07, 6.45) is 4.48. The van der Waals surface area contributed by atoms with Gasteiger partial charge in [0.15, 0.2) is 5.03 Å². The number of hydrogen-bond acceptors (Lipinski definition) is 4. The van der Waals surface area contributed by atoms with Gasteiger partial charge in [0, 0.05) is 13.1 Å². The van der Waals surface area contributed by atoms with Gasteiger partial charge in [0.25, 0.3) is 0 Å². The fraction of sp³-hybridized carbons (Fsp3) is 0.545. The maximum Gasteiger partial charge on any atom is 0.349 e. The van der Waals surface area contributed by atoms with Crippen LogP contribution in [0.2, 0.25) is 0 Å². The molecule has 0 aromatic carbocycles. The van der Waals surface area contributed by atoms with E-state index in [0.29, 0.717) is 5.82 Å². The van der Waals surface area contributed by atoms with Crippen LogP contribution in [0.15, 0.2) is 23.2 Å². The Balaban J connectivity index is 2.26. The zero-order valence-electron chi connectivity index (χ0n) is 9.47. The van der Waals surface area contributed by atoms with Crippen LogP contribution in [-0.4, -0.2) is 26.5 Å². The number of aromatic nitrogens is 1. The van der Waals surface area contributed by atoms with Crippen molar-refractivity contribution in [2.45, 2.75) is 30.7 Å². The Morgan fingerprint density at radius 2 is 1.76 bits per heavy atom. The SMILES string of the molecule is O=S(=O)(F)c1cccc(N2CCCCCC2)n1. The molecule has 17 heavy (non-hydrogen) atoms. The summed E-state index contributed by atoms with van der Waals surface area (Å²) in [4.78, 5) is 5.89. The Kier molecular flexibility index (Phi) is 3.61. The van der Waals surface area contributed by atoms with Gasteiger partial charge in [-0.05, 0) is 25.0 Å². The molecule has 2 heterocycles. The van der Waals surface area contributed by atoms with E-state index < -0.39 is 15.2 Å². The van der Waals surface area contributed by atoms with Crippen LogP contribution in [0.5, 0.6) is 0 Å². The molecule has 0 spiro atoms. The summed E-state index contributed by atoms with van der Waals surface area (Å²) in [5, 5.41) is -0.501.